The third kappa shape index (κ3) is 5.13. The minimum Gasteiger partial charge on any atom is -0.478 e. The summed E-state index contributed by atoms with van der Waals surface area (Å²) in [4.78, 5) is 35.0. The molecule has 0 atom stereocenters. The Labute approximate surface area is 122 Å². The zero-order valence-corrected chi connectivity index (χ0v) is 12.0. The van der Waals surface area contributed by atoms with Gasteiger partial charge in [-0.15, -0.1) is 0 Å². The summed E-state index contributed by atoms with van der Waals surface area (Å²) in [5.41, 5.74) is 0.857. The highest BCUT2D eigenvalue weighted by Crippen LogP contribution is 2.09. The number of hydrogen-bond acceptors (Lipinski definition) is 4. The Bertz CT molecular complexity index is 530. The predicted molar refractivity (Wildman–Crippen MR) is 75.2 cm³/mol. The van der Waals surface area contributed by atoms with E-state index >= 15 is 0 Å². The molecule has 0 bridgehead atoms. The third-order valence-electron chi connectivity index (χ3n) is 2.86. The standard InChI is InChI=1S/C14H18N2O5/c1-16(9-12(17)21-2)14(20)15-8-7-10-5-3-4-6-11(10)13(18)19/h3-6H,7-9H2,1-2H3,(H,15,20)(H,18,19). The van der Waals surface area contributed by atoms with Crippen LogP contribution >= 0.6 is 0 Å². The summed E-state index contributed by atoms with van der Waals surface area (Å²) in [6.45, 7) is 0.128. The van der Waals surface area contributed by atoms with Crippen LogP contribution in [-0.4, -0.2) is 55.2 Å². The second-order valence-electron chi connectivity index (χ2n) is 4.38. The molecule has 0 aliphatic rings. The number of urea groups is 1. The first-order chi connectivity index (χ1) is 9.95. The van der Waals surface area contributed by atoms with Crippen LogP contribution in [0.3, 0.4) is 0 Å². The third-order valence-corrected chi connectivity index (χ3v) is 2.86. The molecular formula is C14H18N2O5. The number of carbonyl (C=O) groups excluding carboxylic acids is 2. The Kier molecular flexibility index (Phi) is 6.19. The number of aromatic carboxylic acids is 1. The summed E-state index contributed by atoms with van der Waals surface area (Å²) in [6, 6.07) is 6.19. The molecule has 0 saturated carbocycles. The van der Waals surface area contributed by atoms with Gasteiger partial charge in [0.15, 0.2) is 0 Å². The van der Waals surface area contributed by atoms with Crippen molar-refractivity contribution in [3.05, 3.63) is 35.4 Å². The summed E-state index contributed by atoms with van der Waals surface area (Å²) in [6.07, 6.45) is 0.389. The van der Waals surface area contributed by atoms with Crippen LogP contribution in [0.4, 0.5) is 4.79 Å². The van der Waals surface area contributed by atoms with E-state index in [2.05, 4.69) is 10.1 Å². The van der Waals surface area contributed by atoms with Gasteiger partial charge in [-0.3, -0.25) is 4.79 Å². The number of ether oxygens (including phenoxy) is 1. The van der Waals surface area contributed by atoms with Gasteiger partial charge in [0.2, 0.25) is 0 Å². The number of carboxylic acids is 1. The summed E-state index contributed by atoms with van der Waals surface area (Å²) in [7, 11) is 2.72. The van der Waals surface area contributed by atoms with Crippen molar-refractivity contribution in [2.75, 3.05) is 27.2 Å². The topological polar surface area (TPSA) is 95.9 Å². The highest BCUT2D eigenvalue weighted by atomic mass is 16.5. The maximum atomic E-state index is 11.7. The average molecular weight is 294 g/mol. The maximum absolute atomic E-state index is 11.7. The molecule has 0 aliphatic carbocycles. The first-order valence-electron chi connectivity index (χ1n) is 6.32. The van der Waals surface area contributed by atoms with E-state index < -0.39 is 18.0 Å². The van der Waals surface area contributed by atoms with Crippen LogP contribution in [0.5, 0.6) is 0 Å². The van der Waals surface area contributed by atoms with Gasteiger partial charge in [0.1, 0.15) is 6.54 Å². The van der Waals surface area contributed by atoms with Gasteiger partial charge in [-0.2, -0.15) is 0 Å². The number of methoxy groups -OCH3 is 1. The van der Waals surface area contributed by atoms with E-state index in [0.29, 0.717) is 12.0 Å². The number of nitrogens with one attached hydrogen (secondary N) is 1. The molecule has 1 aromatic rings. The molecule has 0 saturated heterocycles. The molecule has 1 rings (SSSR count). The molecule has 0 heterocycles. The Hall–Kier alpha value is -2.57. The molecule has 2 N–H and O–H groups in total. The average Bonchev–Trinajstić information content (AvgIpc) is 2.47. The molecule has 0 aromatic heterocycles. The van der Waals surface area contributed by atoms with Crippen LogP contribution in [0.15, 0.2) is 24.3 Å². The lowest BCUT2D eigenvalue weighted by atomic mass is 10.0. The van der Waals surface area contributed by atoms with Crippen molar-refractivity contribution >= 4 is 18.0 Å². The van der Waals surface area contributed by atoms with Crippen LogP contribution in [0, 0.1) is 0 Å². The summed E-state index contributed by atoms with van der Waals surface area (Å²) in [5, 5.41) is 11.7. The van der Waals surface area contributed by atoms with Crippen LogP contribution in [-0.2, 0) is 16.0 Å². The fraction of sp³-hybridized carbons (Fsp3) is 0.357. The Balaban J connectivity index is 2.48. The lowest BCUT2D eigenvalue weighted by Gasteiger charge is -2.16. The van der Waals surface area contributed by atoms with Gasteiger partial charge in [-0.05, 0) is 18.1 Å². The molecular weight excluding hydrogens is 276 g/mol. The van der Waals surface area contributed by atoms with Crippen molar-refractivity contribution in [3.63, 3.8) is 0 Å². The predicted octanol–water partition coefficient (Wildman–Crippen LogP) is 0.742. The second kappa shape index (κ2) is 7.88. The second-order valence-corrected chi connectivity index (χ2v) is 4.38. The SMILES string of the molecule is COC(=O)CN(C)C(=O)NCCc1ccccc1C(=O)O. The minimum atomic E-state index is -1.00. The highest BCUT2D eigenvalue weighted by Gasteiger charge is 2.13. The van der Waals surface area contributed by atoms with Crippen LogP contribution in [0.2, 0.25) is 0 Å². The maximum Gasteiger partial charge on any atom is 0.335 e. The number of esters is 1. The molecule has 0 aliphatic heterocycles. The smallest absolute Gasteiger partial charge is 0.335 e. The number of benzene rings is 1. The lowest BCUT2D eigenvalue weighted by Crippen LogP contribution is -2.41. The molecule has 7 heteroatoms. The van der Waals surface area contributed by atoms with E-state index in [1.807, 2.05) is 0 Å². The van der Waals surface area contributed by atoms with Gasteiger partial charge >= 0.3 is 18.0 Å². The van der Waals surface area contributed by atoms with Gasteiger partial charge in [0, 0.05) is 13.6 Å². The summed E-state index contributed by atoms with van der Waals surface area (Å²) >= 11 is 0. The number of likely N-dealkylation sites (N-methyl/N-ethyl adjacent to an activating group) is 1. The van der Waals surface area contributed by atoms with Crippen molar-refractivity contribution in [1.29, 1.82) is 0 Å². The van der Waals surface area contributed by atoms with Crippen LogP contribution in [0.1, 0.15) is 15.9 Å². The van der Waals surface area contributed by atoms with E-state index in [1.165, 1.54) is 25.1 Å². The van der Waals surface area contributed by atoms with Gasteiger partial charge in [0.25, 0.3) is 0 Å². The van der Waals surface area contributed by atoms with Crippen LogP contribution < -0.4 is 5.32 Å². The largest absolute Gasteiger partial charge is 0.478 e. The number of rotatable bonds is 6. The highest BCUT2D eigenvalue weighted by molar-refractivity contribution is 5.89. The van der Waals surface area contributed by atoms with E-state index in [1.54, 1.807) is 18.2 Å². The number of hydrogen-bond donors (Lipinski definition) is 2. The number of carbonyl (C=O) groups is 3. The number of amides is 2. The van der Waals surface area contributed by atoms with Gasteiger partial charge in [0.05, 0.1) is 12.7 Å². The van der Waals surface area contributed by atoms with E-state index in [0.717, 1.165) is 0 Å². The molecule has 7 nitrogen and oxygen atoms in total. The fourth-order valence-corrected chi connectivity index (χ4v) is 1.72. The molecule has 0 spiro atoms. The van der Waals surface area contributed by atoms with Gasteiger partial charge < -0.3 is 20.1 Å². The van der Waals surface area contributed by atoms with Crippen LogP contribution in [0.25, 0.3) is 0 Å². The fourth-order valence-electron chi connectivity index (χ4n) is 1.72. The van der Waals surface area contributed by atoms with E-state index in [4.69, 9.17) is 5.11 Å². The minimum absolute atomic E-state index is 0.145. The van der Waals surface area contributed by atoms with Crippen molar-refractivity contribution in [2.45, 2.75) is 6.42 Å². The van der Waals surface area contributed by atoms with Crippen molar-refractivity contribution < 1.29 is 24.2 Å². The zero-order valence-electron chi connectivity index (χ0n) is 12.0. The van der Waals surface area contributed by atoms with E-state index in [9.17, 15) is 14.4 Å². The summed E-state index contributed by atoms with van der Waals surface area (Å²) < 4.78 is 4.46. The molecule has 2 amide bonds. The Morgan fingerprint density at radius 1 is 1.29 bits per heavy atom. The zero-order chi connectivity index (χ0) is 15.8. The normalized spacial score (nSPS) is 9.81. The summed E-state index contributed by atoms with van der Waals surface area (Å²) in [5.74, 6) is -1.51. The monoisotopic (exact) mass is 294 g/mol. The Morgan fingerprint density at radius 3 is 2.57 bits per heavy atom. The van der Waals surface area contributed by atoms with Crippen molar-refractivity contribution in [1.82, 2.24) is 10.2 Å². The molecule has 0 radical (unpaired) electrons. The number of nitrogens with zero attached hydrogens (tertiary/aromatic N) is 1. The lowest BCUT2D eigenvalue weighted by molar-refractivity contribution is -0.141. The molecule has 21 heavy (non-hydrogen) atoms. The van der Waals surface area contributed by atoms with Crippen molar-refractivity contribution in [3.8, 4) is 0 Å². The van der Waals surface area contributed by atoms with Crippen molar-refractivity contribution in [2.24, 2.45) is 0 Å². The number of carboxylic acid groups (broad SMARTS) is 1. The quantitative estimate of drug-likeness (QED) is 0.754. The first-order valence-corrected chi connectivity index (χ1v) is 6.32. The van der Waals surface area contributed by atoms with Gasteiger partial charge in [-0.1, -0.05) is 18.2 Å². The Morgan fingerprint density at radius 2 is 1.95 bits per heavy atom. The molecule has 1 aromatic carbocycles. The first kappa shape index (κ1) is 16.5. The molecule has 114 valence electrons. The molecule has 0 fully saturated rings. The molecule has 0 unspecified atom stereocenters. The van der Waals surface area contributed by atoms with Gasteiger partial charge in [-0.25, -0.2) is 9.59 Å². The van der Waals surface area contributed by atoms with E-state index in [-0.39, 0.29) is 18.7 Å².